The van der Waals surface area contributed by atoms with Gasteiger partial charge in [0.25, 0.3) is 0 Å². The summed E-state index contributed by atoms with van der Waals surface area (Å²) in [7, 11) is 2.14. The standard InChI is InChI=1S/C13H17N3OS/c1-9-11(8-16(2)10-6-14-7-10)15-13(17-9)12-4-3-5-18-12/h3-5,10,14H,6-8H2,1-2H3. The lowest BCUT2D eigenvalue weighted by Crippen LogP contribution is -2.55. The first-order chi connectivity index (χ1) is 8.74. The van der Waals surface area contributed by atoms with E-state index in [1.807, 2.05) is 24.4 Å². The summed E-state index contributed by atoms with van der Waals surface area (Å²) < 4.78 is 5.75. The molecule has 18 heavy (non-hydrogen) atoms. The molecule has 0 aliphatic carbocycles. The van der Waals surface area contributed by atoms with Crippen molar-refractivity contribution in [3.8, 4) is 10.8 Å². The first kappa shape index (κ1) is 11.9. The fourth-order valence-electron chi connectivity index (χ4n) is 2.03. The number of likely N-dealkylation sites (N-methyl/N-ethyl adjacent to an activating group) is 1. The Bertz CT molecular complexity index is 516. The van der Waals surface area contributed by atoms with Gasteiger partial charge in [0.1, 0.15) is 5.76 Å². The van der Waals surface area contributed by atoms with Gasteiger partial charge in [-0.25, -0.2) is 4.98 Å². The Morgan fingerprint density at radius 1 is 1.56 bits per heavy atom. The molecule has 96 valence electrons. The summed E-state index contributed by atoms with van der Waals surface area (Å²) in [5, 5.41) is 5.33. The number of rotatable bonds is 4. The molecule has 1 aliphatic rings. The largest absolute Gasteiger partial charge is 0.440 e. The Balaban J connectivity index is 1.76. The van der Waals surface area contributed by atoms with E-state index in [4.69, 9.17) is 4.42 Å². The van der Waals surface area contributed by atoms with Crippen molar-refractivity contribution in [1.82, 2.24) is 15.2 Å². The molecule has 0 aromatic carbocycles. The molecule has 0 unspecified atom stereocenters. The fourth-order valence-corrected chi connectivity index (χ4v) is 2.68. The molecule has 1 saturated heterocycles. The van der Waals surface area contributed by atoms with E-state index >= 15 is 0 Å². The first-order valence-corrected chi connectivity index (χ1v) is 7.03. The molecule has 3 heterocycles. The van der Waals surface area contributed by atoms with Crippen molar-refractivity contribution in [1.29, 1.82) is 0 Å². The number of hydrogen-bond acceptors (Lipinski definition) is 5. The molecule has 1 N–H and O–H groups in total. The second-order valence-corrected chi connectivity index (χ2v) is 5.67. The zero-order chi connectivity index (χ0) is 12.5. The van der Waals surface area contributed by atoms with Crippen molar-refractivity contribution in [2.24, 2.45) is 0 Å². The molecule has 2 aromatic rings. The highest BCUT2D eigenvalue weighted by atomic mass is 32.1. The summed E-state index contributed by atoms with van der Waals surface area (Å²) in [5.74, 6) is 1.68. The van der Waals surface area contributed by atoms with E-state index in [0.29, 0.717) is 6.04 Å². The Kier molecular flexibility index (Phi) is 3.20. The highest BCUT2D eigenvalue weighted by Crippen LogP contribution is 2.26. The highest BCUT2D eigenvalue weighted by molar-refractivity contribution is 7.13. The Labute approximate surface area is 111 Å². The Morgan fingerprint density at radius 3 is 3.00 bits per heavy atom. The summed E-state index contributed by atoms with van der Waals surface area (Å²) in [5.41, 5.74) is 1.05. The maximum Gasteiger partial charge on any atom is 0.236 e. The number of aromatic nitrogens is 1. The molecule has 0 saturated carbocycles. The van der Waals surface area contributed by atoms with Gasteiger partial charge in [0.05, 0.1) is 10.6 Å². The number of oxazole rings is 1. The van der Waals surface area contributed by atoms with Crippen LogP contribution in [0.5, 0.6) is 0 Å². The van der Waals surface area contributed by atoms with Crippen LogP contribution in [0.25, 0.3) is 10.8 Å². The highest BCUT2D eigenvalue weighted by Gasteiger charge is 2.23. The van der Waals surface area contributed by atoms with E-state index in [2.05, 4.69) is 22.2 Å². The van der Waals surface area contributed by atoms with Crippen LogP contribution in [0.2, 0.25) is 0 Å². The Morgan fingerprint density at radius 2 is 2.39 bits per heavy atom. The van der Waals surface area contributed by atoms with Gasteiger partial charge in [-0.1, -0.05) is 6.07 Å². The van der Waals surface area contributed by atoms with Gasteiger partial charge in [-0.05, 0) is 25.4 Å². The van der Waals surface area contributed by atoms with Crippen LogP contribution in [0, 0.1) is 6.92 Å². The third-order valence-corrected chi connectivity index (χ3v) is 4.26. The van der Waals surface area contributed by atoms with E-state index < -0.39 is 0 Å². The number of hydrogen-bond donors (Lipinski definition) is 1. The van der Waals surface area contributed by atoms with Crippen molar-refractivity contribution < 1.29 is 4.42 Å². The van der Waals surface area contributed by atoms with Gasteiger partial charge in [0.15, 0.2) is 0 Å². The predicted molar refractivity (Wildman–Crippen MR) is 72.7 cm³/mol. The maximum atomic E-state index is 5.75. The average Bonchev–Trinajstić information content (AvgIpc) is 2.86. The fraction of sp³-hybridized carbons (Fsp3) is 0.462. The molecule has 1 fully saturated rings. The van der Waals surface area contributed by atoms with E-state index in [9.17, 15) is 0 Å². The number of nitrogens with zero attached hydrogens (tertiary/aromatic N) is 2. The molecule has 0 spiro atoms. The lowest BCUT2D eigenvalue weighted by molar-refractivity contribution is 0.171. The minimum Gasteiger partial charge on any atom is -0.440 e. The third kappa shape index (κ3) is 2.21. The van der Waals surface area contributed by atoms with Crippen molar-refractivity contribution in [2.75, 3.05) is 20.1 Å². The van der Waals surface area contributed by atoms with Crippen LogP contribution in [-0.4, -0.2) is 36.1 Å². The lowest BCUT2D eigenvalue weighted by atomic mass is 10.1. The Hall–Kier alpha value is -1.17. The SMILES string of the molecule is Cc1oc(-c2cccs2)nc1CN(C)C1CNC1. The molecule has 0 atom stereocenters. The minimum absolute atomic E-state index is 0.631. The summed E-state index contributed by atoms with van der Waals surface area (Å²) in [6.45, 7) is 5.00. The van der Waals surface area contributed by atoms with Crippen LogP contribution in [0.4, 0.5) is 0 Å². The monoisotopic (exact) mass is 263 g/mol. The molecule has 1 aliphatic heterocycles. The van der Waals surface area contributed by atoms with Gasteiger partial charge in [-0.2, -0.15) is 0 Å². The smallest absolute Gasteiger partial charge is 0.236 e. The predicted octanol–water partition coefficient (Wildman–Crippen LogP) is 2.12. The quantitative estimate of drug-likeness (QED) is 0.917. The van der Waals surface area contributed by atoms with Crippen LogP contribution < -0.4 is 5.32 Å². The zero-order valence-corrected chi connectivity index (χ0v) is 11.5. The topological polar surface area (TPSA) is 41.3 Å². The number of thiophene rings is 1. The second-order valence-electron chi connectivity index (χ2n) is 4.73. The van der Waals surface area contributed by atoms with Crippen molar-refractivity contribution >= 4 is 11.3 Å². The van der Waals surface area contributed by atoms with Gasteiger partial charge in [-0.3, -0.25) is 4.90 Å². The normalized spacial score (nSPS) is 16.2. The number of aryl methyl sites for hydroxylation is 1. The minimum atomic E-state index is 0.631. The summed E-state index contributed by atoms with van der Waals surface area (Å²) >= 11 is 1.66. The molecule has 4 nitrogen and oxygen atoms in total. The zero-order valence-electron chi connectivity index (χ0n) is 10.6. The van der Waals surface area contributed by atoms with E-state index in [1.54, 1.807) is 11.3 Å². The molecule has 3 rings (SSSR count). The second kappa shape index (κ2) is 4.84. The van der Waals surface area contributed by atoms with Crippen LogP contribution in [-0.2, 0) is 6.54 Å². The molecular weight excluding hydrogens is 246 g/mol. The van der Waals surface area contributed by atoms with E-state index in [0.717, 1.165) is 41.9 Å². The van der Waals surface area contributed by atoms with Gasteiger partial charge in [0.2, 0.25) is 5.89 Å². The molecule has 2 aromatic heterocycles. The van der Waals surface area contributed by atoms with Crippen molar-refractivity contribution in [3.05, 3.63) is 29.0 Å². The summed E-state index contributed by atoms with van der Waals surface area (Å²) in [4.78, 5) is 8.04. The van der Waals surface area contributed by atoms with Gasteiger partial charge < -0.3 is 9.73 Å². The van der Waals surface area contributed by atoms with Gasteiger partial charge >= 0.3 is 0 Å². The van der Waals surface area contributed by atoms with E-state index in [1.165, 1.54) is 0 Å². The number of nitrogens with one attached hydrogen (secondary N) is 1. The molecular formula is C13H17N3OS. The summed E-state index contributed by atoms with van der Waals surface area (Å²) in [6, 6.07) is 4.69. The molecule has 0 amide bonds. The third-order valence-electron chi connectivity index (χ3n) is 3.41. The van der Waals surface area contributed by atoms with Crippen LogP contribution in [0.1, 0.15) is 11.5 Å². The molecule has 0 bridgehead atoms. The summed E-state index contributed by atoms with van der Waals surface area (Å²) in [6.07, 6.45) is 0. The van der Waals surface area contributed by atoms with Gasteiger partial charge in [-0.15, -0.1) is 11.3 Å². The lowest BCUT2D eigenvalue weighted by Gasteiger charge is -2.35. The van der Waals surface area contributed by atoms with E-state index in [-0.39, 0.29) is 0 Å². The van der Waals surface area contributed by atoms with Crippen molar-refractivity contribution in [3.63, 3.8) is 0 Å². The van der Waals surface area contributed by atoms with Crippen LogP contribution in [0.3, 0.4) is 0 Å². The maximum absolute atomic E-state index is 5.75. The van der Waals surface area contributed by atoms with Crippen molar-refractivity contribution in [2.45, 2.75) is 19.5 Å². The average molecular weight is 263 g/mol. The van der Waals surface area contributed by atoms with Gasteiger partial charge in [0, 0.05) is 25.7 Å². The molecule has 5 heteroatoms. The molecule has 0 radical (unpaired) electrons. The van der Waals surface area contributed by atoms with Crippen LogP contribution >= 0.6 is 11.3 Å². The first-order valence-electron chi connectivity index (χ1n) is 6.15. The van der Waals surface area contributed by atoms with Crippen LogP contribution in [0.15, 0.2) is 21.9 Å².